The van der Waals surface area contributed by atoms with Crippen molar-refractivity contribution in [2.75, 3.05) is 27.4 Å². The maximum Gasteiger partial charge on any atom is 0.222 e. The van der Waals surface area contributed by atoms with Crippen LogP contribution in [0.2, 0.25) is 0 Å². The Kier molecular flexibility index (Phi) is 5.52. The van der Waals surface area contributed by atoms with Crippen LogP contribution >= 0.6 is 11.6 Å². The number of hydrogen-bond donors (Lipinski definition) is 1. The molecule has 1 rings (SSSR count). The minimum atomic E-state index is -0.215. The van der Waals surface area contributed by atoms with Gasteiger partial charge in [0.15, 0.2) is 0 Å². The third-order valence-electron chi connectivity index (χ3n) is 3.05. The van der Waals surface area contributed by atoms with Gasteiger partial charge in [-0.2, -0.15) is 0 Å². The largest absolute Gasteiger partial charge is 0.383 e. The van der Waals surface area contributed by atoms with Crippen LogP contribution in [0, 0.1) is 0 Å². The second kappa shape index (κ2) is 6.42. The lowest BCUT2D eigenvalue weighted by Crippen LogP contribution is -2.44. The summed E-state index contributed by atoms with van der Waals surface area (Å²) >= 11 is 5.91. The van der Waals surface area contributed by atoms with E-state index < -0.39 is 0 Å². The fraction of sp³-hybridized carbons (Fsp3) is 0.909. The number of amides is 1. The van der Waals surface area contributed by atoms with E-state index in [1.54, 1.807) is 14.2 Å². The van der Waals surface area contributed by atoms with Crippen LogP contribution in [0.15, 0.2) is 0 Å². The van der Waals surface area contributed by atoms with E-state index in [9.17, 15) is 4.79 Å². The summed E-state index contributed by atoms with van der Waals surface area (Å²) < 4.78 is 10.3. The number of carbonyl (C=O) groups excluding carboxylic acids is 1. The zero-order valence-electron chi connectivity index (χ0n) is 9.92. The summed E-state index contributed by atoms with van der Waals surface area (Å²) in [5.74, 6) is 0.00306. The Bertz CT molecular complexity index is 226. The Morgan fingerprint density at radius 2 is 2.19 bits per heavy atom. The van der Waals surface area contributed by atoms with E-state index in [-0.39, 0.29) is 16.9 Å². The third-order valence-corrected chi connectivity index (χ3v) is 3.33. The first-order chi connectivity index (χ1) is 7.62. The highest BCUT2D eigenvalue weighted by Crippen LogP contribution is 2.37. The lowest BCUT2D eigenvalue weighted by molar-refractivity contribution is -0.134. The molecule has 94 valence electrons. The molecule has 1 fully saturated rings. The van der Waals surface area contributed by atoms with Crippen molar-refractivity contribution in [2.24, 2.45) is 0 Å². The summed E-state index contributed by atoms with van der Waals surface area (Å²) in [6.45, 7) is 0.880. The molecule has 0 heterocycles. The molecule has 0 aromatic carbocycles. The van der Waals surface area contributed by atoms with Gasteiger partial charge in [0.05, 0.1) is 24.0 Å². The molecule has 1 atom stereocenters. The highest BCUT2D eigenvalue weighted by Gasteiger charge is 2.38. The molecule has 0 spiro atoms. The summed E-state index contributed by atoms with van der Waals surface area (Å²) in [5, 5.41) is 2.62. The molecule has 0 aromatic heterocycles. The van der Waals surface area contributed by atoms with E-state index in [2.05, 4.69) is 5.32 Å². The van der Waals surface area contributed by atoms with Crippen molar-refractivity contribution in [3.05, 3.63) is 0 Å². The highest BCUT2D eigenvalue weighted by atomic mass is 35.5. The predicted octanol–water partition coefficient (Wildman–Crippen LogP) is 1.32. The van der Waals surface area contributed by atoms with Crippen LogP contribution < -0.4 is 5.32 Å². The van der Waals surface area contributed by atoms with E-state index in [1.807, 2.05) is 0 Å². The van der Waals surface area contributed by atoms with Gasteiger partial charge in [0.1, 0.15) is 0 Å². The second-order valence-corrected chi connectivity index (χ2v) is 4.89. The molecule has 1 N–H and O–H groups in total. The molecule has 4 nitrogen and oxygen atoms in total. The molecule has 1 aliphatic rings. The number of carbonyl (C=O) groups is 1. The Labute approximate surface area is 102 Å². The lowest BCUT2D eigenvalue weighted by atomic mass is 9.77. The van der Waals surface area contributed by atoms with Gasteiger partial charge in [0.2, 0.25) is 5.91 Å². The SMILES string of the molecule is COCC(Cl)CNC(=O)CC1(OC)CCC1. The molecule has 1 unspecified atom stereocenters. The van der Waals surface area contributed by atoms with Crippen LogP contribution in [-0.2, 0) is 14.3 Å². The second-order valence-electron chi connectivity index (χ2n) is 4.27. The Balaban J connectivity index is 2.20. The fourth-order valence-corrected chi connectivity index (χ4v) is 2.05. The van der Waals surface area contributed by atoms with Crippen molar-refractivity contribution in [2.45, 2.75) is 36.7 Å². The number of hydrogen-bond acceptors (Lipinski definition) is 3. The molecule has 16 heavy (non-hydrogen) atoms. The smallest absolute Gasteiger partial charge is 0.222 e. The van der Waals surface area contributed by atoms with Crippen LogP contribution in [0.25, 0.3) is 0 Å². The zero-order chi connectivity index (χ0) is 12.0. The molecule has 1 saturated carbocycles. The molecule has 5 heteroatoms. The van der Waals surface area contributed by atoms with Crippen LogP contribution in [-0.4, -0.2) is 44.3 Å². The normalized spacial score (nSPS) is 19.9. The van der Waals surface area contributed by atoms with Crippen molar-refractivity contribution in [3.63, 3.8) is 0 Å². The van der Waals surface area contributed by atoms with Gasteiger partial charge in [0.25, 0.3) is 0 Å². The molecule has 1 aliphatic carbocycles. The standard InChI is InChI=1S/C11H20ClNO3/c1-15-8-9(12)7-13-10(14)6-11(16-2)4-3-5-11/h9H,3-8H2,1-2H3,(H,13,14). The van der Waals surface area contributed by atoms with Crippen LogP contribution in [0.3, 0.4) is 0 Å². The fourth-order valence-electron chi connectivity index (χ4n) is 1.84. The van der Waals surface area contributed by atoms with E-state index in [4.69, 9.17) is 21.1 Å². The third kappa shape index (κ3) is 3.92. The average molecular weight is 250 g/mol. The van der Waals surface area contributed by atoms with Gasteiger partial charge >= 0.3 is 0 Å². The van der Waals surface area contributed by atoms with E-state index >= 15 is 0 Å². The first-order valence-electron chi connectivity index (χ1n) is 5.57. The topological polar surface area (TPSA) is 47.6 Å². The van der Waals surface area contributed by atoms with Gasteiger partial charge in [-0.25, -0.2) is 0 Å². The van der Waals surface area contributed by atoms with Gasteiger partial charge in [-0.1, -0.05) is 0 Å². The molecule has 0 radical (unpaired) electrons. The Morgan fingerprint density at radius 1 is 1.50 bits per heavy atom. The van der Waals surface area contributed by atoms with E-state index in [1.165, 1.54) is 0 Å². The number of ether oxygens (including phenoxy) is 2. The van der Waals surface area contributed by atoms with Gasteiger partial charge < -0.3 is 14.8 Å². The summed E-state index contributed by atoms with van der Waals surface area (Å²) in [6, 6.07) is 0. The summed E-state index contributed by atoms with van der Waals surface area (Å²) in [7, 11) is 3.26. The molecule has 0 aliphatic heterocycles. The van der Waals surface area contributed by atoms with Crippen LogP contribution in [0.5, 0.6) is 0 Å². The molecular formula is C11H20ClNO3. The van der Waals surface area contributed by atoms with E-state index in [0.717, 1.165) is 19.3 Å². The zero-order valence-corrected chi connectivity index (χ0v) is 10.7. The van der Waals surface area contributed by atoms with Crippen LogP contribution in [0.1, 0.15) is 25.7 Å². The molecular weight excluding hydrogens is 230 g/mol. The summed E-state index contributed by atoms with van der Waals surface area (Å²) in [5.41, 5.74) is -0.215. The number of nitrogens with one attached hydrogen (secondary N) is 1. The number of rotatable bonds is 7. The molecule has 0 bridgehead atoms. The quantitative estimate of drug-likeness (QED) is 0.693. The minimum absolute atomic E-state index is 0.00306. The number of methoxy groups -OCH3 is 2. The Morgan fingerprint density at radius 3 is 2.62 bits per heavy atom. The summed E-state index contributed by atoms with van der Waals surface area (Å²) in [4.78, 5) is 11.6. The monoisotopic (exact) mass is 249 g/mol. The minimum Gasteiger partial charge on any atom is -0.383 e. The first kappa shape index (κ1) is 13.7. The van der Waals surface area contributed by atoms with Crippen molar-refractivity contribution < 1.29 is 14.3 Å². The predicted molar refractivity (Wildman–Crippen MR) is 62.7 cm³/mol. The van der Waals surface area contributed by atoms with Crippen molar-refractivity contribution in [1.82, 2.24) is 5.32 Å². The molecule has 0 saturated heterocycles. The van der Waals surface area contributed by atoms with Crippen molar-refractivity contribution >= 4 is 17.5 Å². The van der Waals surface area contributed by atoms with Gasteiger partial charge in [-0.3, -0.25) is 4.79 Å². The van der Waals surface area contributed by atoms with Crippen molar-refractivity contribution in [1.29, 1.82) is 0 Å². The average Bonchev–Trinajstić information content (AvgIpc) is 2.21. The Hall–Kier alpha value is -0.320. The number of halogens is 1. The van der Waals surface area contributed by atoms with Crippen LogP contribution in [0.4, 0.5) is 0 Å². The van der Waals surface area contributed by atoms with Crippen molar-refractivity contribution in [3.8, 4) is 0 Å². The molecule has 1 amide bonds. The number of alkyl halides is 1. The first-order valence-corrected chi connectivity index (χ1v) is 6.00. The van der Waals surface area contributed by atoms with Gasteiger partial charge in [-0.15, -0.1) is 11.6 Å². The highest BCUT2D eigenvalue weighted by molar-refractivity contribution is 6.21. The maximum atomic E-state index is 11.6. The lowest BCUT2D eigenvalue weighted by Gasteiger charge is -2.39. The van der Waals surface area contributed by atoms with Gasteiger partial charge in [0, 0.05) is 20.8 Å². The summed E-state index contributed by atoms with van der Waals surface area (Å²) in [6.07, 6.45) is 3.52. The van der Waals surface area contributed by atoms with E-state index in [0.29, 0.717) is 19.6 Å². The van der Waals surface area contributed by atoms with Gasteiger partial charge in [-0.05, 0) is 19.3 Å². The molecule has 0 aromatic rings. The maximum absolute atomic E-state index is 11.6.